The van der Waals surface area contributed by atoms with E-state index in [1.54, 1.807) is 23.1 Å². The second-order valence-electron chi connectivity index (χ2n) is 4.38. The molecule has 0 saturated carbocycles. The van der Waals surface area contributed by atoms with Crippen LogP contribution in [0.5, 0.6) is 0 Å². The monoisotopic (exact) mass is 370 g/mol. The highest BCUT2D eigenvalue weighted by molar-refractivity contribution is 9.10. The molecule has 0 aliphatic heterocycles. The fourth-order valence-corrected chi connectivity index (χ4v) is 3.63. The molecule has 1 heterocycles. The van der Waals surface area contributed by atoms with Gasteiger partial charge < -0.3 is 5.32 Å². The van der Waals surface area contributed by atoms with Crippen molar-refractivity contribution < 1.29 is 4.79 Å². The summed E-state index contributed by atoms with van der Waals surface area (Å²) in [4.78, 5) is 17.5. The van der Waals surface area contributed by atoms with Gasteiger partial charge in [-0.1, -0.05) is 27.7 Å². The molecule has 0 aliphatic rings. The number of aryl methyl sites for hydroxylation is 2. The maximum absolute atomic E-state index is 12.1. The molecule has 106 valence electrons. The number of rotatable bonds is 4. The molecule has 1 amide bonds. The summed E-state index contributed by atoms with van der Waals surface area (Å²) in [5.41, 5.74) is 2.87. The third kappa shape index (κ3) is 3.84. The molecule has 1 N–H and O–H groups in total. The first-order chi connectivity index (χ1) is 9.49. The number of thioether (sulfide) groups is 1. The van der Waals surface area contributed by atoms with Crippen molar-refractivity contribution in [3.8, 4) is 0 Å². The van der Waals surface area contributed by atoms with Crippen molar-refractivity contribution in [1.29, 1.82) is 0 Å². The first-order valence-electron chi connectivity index (χ1n) is 6.06. The normalized spacial score (nSPS) is 10.6. The van der Waals surface area contributed by atoms with Crippen molar-refractivity contribution in [2.24, 2.45) is 0 Å². The number of carbonyl (C=O) groups is 1. The highest BCUT2D eigenvalue weighted by Crippen LogP contribution is 2.26. The van der Waals surface area contributed by atoms with E-state index >= 15 is 0 Å². The van der Waals surface area contributed by atoms with Gasteiger partial charge in [-0.05, 0) is 43.9 Å². The summed E-state index contributed by atoms with van der Waals surface area (Å²) in [6.07, 6.45) is 2.37. The van der Waals surface area contributed by atoms with Gasteiger partial charge in [0.25, 0.3) is 0 Å². The smallest absolute Gasteiger partial charge is 0.229 e. The van der Waals surface area contributed by atoms with Crippen LogP contribution in [-0.2, 0) is 11.2 Å². The number of aromatic nitrogens is 1. The Morgan fingerprint density at radius 3 is 2.80 bits per heavy atom. The number of benzene rings is 1. The number of nitrogens with one attached hydrogen (secondary N) is 1. The van der Waals surface area contributed by atoms with Crippen LogP contribution in [-0.4, -0.2) is 17.1 Å². The maximum Gasteiger partial charge on any atom is 0.229 e. The molecule has 6 heteroatoms. The Kier molecular flexibility index (Phi) is 5.23. The summed E-state index contributed by atoms with van der Waals surface area (Å²) in [6.45, 7) is 3.94. The van der Waals surface area contributed by atoms with Crippen LogP contribution in [0.25, 0.3) is 0 Å². The summed E-state index contributed by atoms with van der Waals surface area (Å²) in [5, 5.41) is 2.93. The van der Waals surface area contributed by atoms with Gasteiger partial charge in [0.1, 0.15) is 4.34 Å². The number of hydrogen-bond acceptors (Lipinski definition) is 4. The average Bonchev–Trinajstić information content (AvgIpc) is 2.74. The molecule has 0 fully saturated rings. The zero-order valence-corrected chi connectivity index (χ0v) is 14.7. The van der Waals surface area contributed by atoms with Crippen molar-refractivity contribution in [3.05, 3.63) is 38.8 Å². The van der Waals surface area contributed by atoms with Crippen LogP contribution >= 0.6 is 39.0 Å². The van der Waals surface area contributed by atoms with Gasteiger partial charge in [-0.3, -0.25) is 4.79 Å². The van der Waals surface area contributed by atoms with E-state index in [2.05, 4.69) is 26.2 Å². The van der Waals surface area contributed by atoms with E-state index in [9.17, 15) is 4.79 Å². The summed E-state index contributed by atoms with van der Waals surface area (Å²) in [5.74, 6) is -0.00822. The highest BCUT2D eigenvalue weighted by atomic mass is 79.9. The number of thiazole rings is 1. The Bertz CT molecular complexity index is 640. The first kappa shape index (κ1) is 15.5. The quantitative estimate of drug-likeness (QED) is 0.809. The number of anilines is 1. The summed E-state index contributed by atoms with van der Waals surface area (Å²) >= 11 is 6.64. The van der Waals surface area contributed by atoms with Crippen molar-refractivity contribution in [3.63, 3.8) is 0 Å². The number of amides is 1. The van der Waals surface area contributed by atoms with Crippen molar-refractivity contribution in [1.82, 2.24) is 4.98 Å². The van der Waals surface area contributed by atoms with E-state index in [0.29, 0.717) is 6.42 Å². The van der Waals surface area contributed by atoms with E-state index < -0.39 is 0 Å². The van der Waals surface area contributed by atoms with Crippen LogP contribution in [0, 0.1) is 13.8 Å². The third-order valence-electron chi connectivity index (χ3n) is 2.81. The Hall–Kier alpha value is -0.850. The predicted octanol–water partition coefficient (Wildman–Crippen LogP) is 4.43. The molecule has 0 unspecified atom stereocenters. The standard InChI is InChI=1S/C14H15BrN2OS2/c1-8-6-10(4-5-11(8)15)17-13(18)7-12-9(2)16-14(19-3)20-12/h4-6H,7H2,1-3H3,(H,17,18). The molecule has 0 bridgehead atoms. The molecule has 0 radical (unpaired) electrons. The lowest BCUT2D eigenvalue weighted by atomic mass is 10.2. The summed E-state index contributed by atoms with van der Waals surface area (Å²) in [6, 6.07) is 5.78. The second kappa shape index (κ2) is 6.74. The van der Waals surface area contributed by atoms with Crippen molar-refractivity contribution in [2.75, 3.05) is 11.6 Å². The Labute approximate surface area is 135 Å². The first-order valence-corrected chi connectivity index (χ1v) is 8.89. The van der Waals surface area contributed by atoms with Gasteiger partial charge in [-0.25, -0.2) is 4.98 Å². The number of halogens is 1. The minimum absolute atomic E-state index is 0.00822. The summed E-state index contributed by atoms with van der Waals surface area (Å²) in [7, 11) is 0. The summed E-state index contributed by atoms with van der Waals surface area (Å²) < 4.78 is 2.04. The molecular formula is C14H15BrN2OS2. The average molecular weight is 371 g/mol. The lowest BCUT2D eigenvalue weighted by molar-refractivity contribution is -0.115. The number of nitrogens with zero attached hydrogens (tertiary/aromatic N) is 1. The molecule has 0 aliphatic carbocycles. The lowest BCUT2D eigenvalue weighted by Gasteiger charge is -2.06. The van der Waals surface area contributed by atoms with Crippen molar-refractivity contribution in [2.45, 2.75) is 24.6 Å². The molecule has 0 atom stereocenters. The minimum atomic E-state index is -0.00822. The second-order valence-corrected chi connectivity index (χ2v) is 7.37. The van der Waals surface area contributed by atoms with E-state index in [4.69, 9.17) is 0 Å². The Balaban J connectivity index is 2.04. The minimum Gasteiger partial charge on any atom is -0.326 e. The van der Waals surface area contributed by atoms with Crippen LogP contribution in [0.3, 0.4) is 0 Å². The molecule has 20 heavy (non-hydrogen) atoms. The highest BCUT2D eigenvalue weighted by Gasteiger charge is 2.12. The Morgan fingerprint density at radius 1 is 1.45 bits per heavy atom. The number of carbonyl (C=O) groups excluding carboxylic acids is 1. The van der Waals surface area contributed by atoms with Crippen LogP contribution in [0.15, 0.2) is 27.0 Å². The molecular weight excluding hydrogens is 356 g/mol. The number of hydrogen-bond donors (Lipinski definition) is 1. The topological polar surface area (TPSA) is 42.0 Å². The van der Waals surface area contributed by atoms with Crippen LogP contribution < -0.4 is 5.32 Å². The molecule has 2 rings (SSSR count). The molecule has 1 aromatic heterocycles. The van der Waals surface area contributed by atoms with Crippen LogP contribution in [0.4, 0.5) is 5.69 Å². The zero-order valence-electron chi connectivity index (χ0n) is 11.5. The molecule has 0 saturated heterocycles. The van der Waals surface area contributed by atoms with Gasteiger partial charge in [0.05, 0.1) is 12.1 Å². The van der Waals surface area contributed by atoms with Crippen LogP contribution in [0.2, 0.25) is 0 Å². The van der Waals surface area contributed by atoms with Gasteiger partial charge in [-0.15, -0.1) is 11.3 Å². The van der Waals surface area contributed by atoms with Gasteiger partial charge in [0.2, 0.25) is 5.91 Å². The molecule has 3 nitrogen and oxygen atoms in total. The van der Waals surface area contributed by atoms with Gasteiger partial charge in [0.15, 0.2) is 0 Å². The Morgan fingerprint density at radius 2 is 2.20 bits per heavy atom. The van der Waals surface area contributed by atoms with E-state index in [1.807, 2.05) is 38.3 Å². The van der Waals surface area contributed by atoms with E-state index in [-0.39, 0.29) is 5.91 Å². The zero-order chi connectivity index (χ0) is 14.7. The molecule has 0 spiro atoms. The fourth-order valence-electron chi connectivity index (χ4n) is 1.73. The van der Waals surface area contributed by atoms with Gasteiger partial charge in [-0.2, -0.15) is 0 Å². The lowest BCUT2D eigenvalue weighted by Crippen LogP contribution is -2.14. The maximum atomic E-state index is 12.1. The van der Waals surface area contributed by atoms with Gasteiger partial charge in [0, 0.05) is 15.0 Å². The third-order valence-corrected chi connectivity index (χ3v) is 5.84. The fraction of sp³-hybridized carbons (Fsp3) is 0.286. The largest absolute Gasteiger partial charge is 0.326 e. The van der Waals surface area contributed by atoms with Crippen molar-refractivity contribution >= 4 is 50.6 Å². The molecule has 1 aromatic carbocycles. The SMILES string of the molecule is CSc1nc(C)c(CC(=O)Nc2ccc(Br)c(C)c2)s1. The molecule has 2 aromatic rings. The van der Waals surface area contributed by atoms with Crippen LogP contribution in [0.1, 0.15) is 16.1 Å². The van der Waals surface area contributed by atoms with E-state index in [1.165, 1.54) is 0 Å². The van der Waals surface area contributed by atoms with E-state index in [0.717, 1.165) is 30.6 Å². The predicted molar refractivity (Wildman–Crippen MR) is 89.8 cm³/mol. The van der Waals surface area contributed by atoms with Gasteiger partial charge >= 0.3 is 0 Å².